The molecule has 0 aliphatic heterocycles. The van der Waals surface area contributed by atoms with Crippen LogP contribution in [0.3, 0.4) is 0 Å². The lowest BCUT2D eigenvalue weighted by atomic mass is 9.79. The summed E-state index contributed by atoms with van der Waals surface area (Å²) in [5.41, 5.74) is 9.07. The topological polar surface area (TPSA) is 26.0 Å². The molecule has 0 amide bonds. The molecule has 0 bridgehead atoms. The first-order chi connectivity index (χ1) is 8.31. The molecular weight excluding hydrogens is 226 g/mol. The van der Waals surface area contributed by atoms with Crippen LogP contribution in [0.25, 0.3) is 0 Å². The first kappa shape index (κ1) is 13.0. The Bertz CT molecular complexity index is 347. The van der Waals surface area contributed by atoms with E-state index in [9.17, 15) is 0 Å². The van der Waals surface area contributed by atoms with Crippen LogP contribution in [0.2, 0.25) is 0 Å². The third-order valence-corrected chi connectivity index (χ3v) is 4.85. The summed E-state index contributed by atoms with van der Waals surface area (Å²) in [6.45, 7) is 2.22. The van der Waals surface area contributed by atoms with Crippen molar-refractivity contribution in [1.29, 1.82) is 0 Å². The number of hydrogen-bond acceptors (Lipinski definition) is 2. The highest BCUT2D eigenvalue weighted by Gasteiger charge is 2.19. The van der Waals surface area contributed by atoms with Crippen LogP contribution in [-0.4, -0.2) is 11.5 Å². The minimum absolute atomic E-state index is 0.201. The van der Waals surface area contributed by atoms with Gasteiger partial charge in [-0.2, -0.15) is 11.8 Å². The standard InChI is InChI=1S/C15H23NS/c1-2-9-17-11-15(16)14-8-4-7-13(10-14)12-5-3-6-12/h4,7-8,10,12,15H,2-3,5-6,9,11,16H2,1H3. The summed E-state index contributed by atoms with van der Waals surface area (Å²) >= 11 is 1.97. The first-order valence-electron chi connectivity index (χ1n) is 6.74. The van der Waals surface area contributed by atoms with Crippen molar-refractivity contribution in [2.75, 3.05) is 11.5 Å². The van der Waals surface area contributed by atoms with Crippen LogP contribution in [0.1, 0.15) is 55.7 Å². The van der Waals surface area contributed by atoms with E-state index in [1.807, 2.05) is 11.8 Å². The molecule has 0 saturated heterocycles. The molecule has 2 N–H and O–H groups in total. The molecule has 0 spiro atoms. The third-order valence-electron chi connectivity index (χ3n) is 3.56. The van der Waals surface area contributed by atoms with Crippen LogP contribution in [0.15, 0.2) is 24.3 Å². The van der Waals surface area contributed by atoms with E-state index >= 15 is 0 Å². The molecule has 0 aromatic heterocycles. The van der Waals surface area contributed by atoms with Crippen LogP contribution < -0.4 is 5.73 Å². The monoisotopic (exact) mass is 249 g/mol. The average Bonchev–Trinajstić information content (AvgIpc) is 2.27. The van der Waals surface area contributed by atoms with Crippen molar-refractivity contribution in [3.05, 3.63) is 35.4 Å². The molecule has 1 fully saturated rings. The summed E-state index contributed by atoms with van der Waals surface area (Å²) in [6.07, 6.45) is 5.36. The van der Waals surface area contributed by atoms with Gasteiger partial charge in [0.05, 0.1) is 0 Å². The van der Waals surface area contributed by atoms with Gasteiger partial charge in [0.1, 0.15) is 0 Å². The van der Waals surface area contributed by atoms with Crippen molar-refractivity contribution < 1.29 is 0 Å². The van der Waals surface area contributed by atoms with Crippen molar-refractivity contribution in [1.82, 2.24) is 0 Å². The van der Waals surface area contributed by atoms with Gasteiger partial charge in [-0.05, 0) is 42.1 Å². The maximum atomic E-state index is 6.24. The van der Waals surface area contributed by atoms with Crippen molar-refractivity contribution in [3.8, 4) is 0 Å². The minimum Gasteiger partial charge on any atom is -0.323 e. The summed E-state index contributed by atoms with van der Waals surface area (Å²) in [4.78, 5) is 0. The summed E-state index contributed by atoms with van der Waals surface area (Å²) in [7, 11) is 0. The predicted octanol–water partition coefficient (Wildman–Crippen LogP) is 4.10. The van der Waals surface area contributed by atoms with Gasteiger partial charge in [0.15, 0.2) is 0 Å². The first-order valence-corrected chi connectivity index (χ1v) is 7.90. The largest absolute Gasteiger partial charge is 0.323 e. The van der Waals surface area contributed by atoms with E-state index < -0.39 is 0 Å². The summed E-state index contributed by atoms with van der Waals surface area (Å²) < 4.78 is 0. The zero-order chi connectivity index (χ0) is 12.1. The van der Waals surface area contributed by atoms with Gasteiger partial charge >= 0.3 is 0 Å². The number of rotatable bonds is 6. The van der Waals surface area contributed by atoms with Gasteiger partial charge in [-0.15, -0.1) is 0 Å². The molecule has 2 rings (SSSR count). The number of benzene rings is 1. The van der Waals surface area contributed by atoms with E-state index in [0.29, 0.717) is 0 Å². The number of hydrogen-bond donors (Lipinski definition) is 1. The van der Waals surface area contributed by atoms with E-state index in [2.05, 4.69) is 31.2 Å². The molecule has 1 aromatic rings. The molecule has 0 radical (unpaired) electrons. The second-order valence-electron chi connectivity index (χ2n) is 4.98. The second-order valence-corrected chi connectivity index (χ2v) is 6.13. The van der Waals surface area contributed by atoms with Crippen molar-refractivity contribution >= 4 is 11.8 Å². The van der Waals surface area contributed by atoms with E-state index in [0.717, 1.165) is 11.7 Å². The lowest BCUT2D eigenvalue weighted by Gasteiger charge is -2.26. The van der Waals surface area contributed by atoms with Gasteiger partial charge in [-0.1, -0.05) is 37.6 Å². The van der Waals surface area contributed by atoms with Gasteiger partial charge in [0.25, 0.3) is 0 Å². The molecule has 1 atom stereocenters. The lowest BCUT2D eigenvalue weighted by Crippen LogP contribution is -2.15. The van der Waals surface area contributed by atoms with Gasteiger partial charge in [-0.3, -0.25) is 0 Å². The van der Waals surface area contributed by atoms with Gasteiger partial charge < -0.3 is 5.73 Å². The average molecular weight is 249 g/mol. The Labute approximate surface area is 109 Å². The van der Waals surface area contributed by atoms with Gasteiger partial charge in [0, 0.05) is 11.8 Å². The molecular formula is C15H23NS. The quantitative estimate of drug-likeness (QED) is 0.768. The molecule has 1 aromatic carbocycles. The van der Waals surface area contributed by atoms with Crippen LogP contribution in [0.4, 0.5) is 0 Å². The highest BCUT2D eigenvalue weighted by molar-refractivity contribution is 7.99. The van der Waals surface area contributed by atoms with E-state index in [-0.39, 0.29) is 6.04 Å². The van der Waals surface area contributed by atoms with Crippen LogP contribution in [-0.2, 0) is 0 Å². The predicted molar refractivity (Wildman–Crippen MR) is 77.6 cm³/mol. The molecule has 17 heavy (non-hydrogen) atoms. The van der Waals surface area contributed by atoms with E-state index in [1.54, 1.807) is 0 Å². The van der Waals surface area contributed by atoms with Gasteiger partial charge in [-0.25, -0.2) is 0 Å². The second kappa shape index (κ2) is 6.46. The fourth-order valence-electron chi connectivity index (χ4n) is 2.24. The normalized spacial score (nSPS) is 17.8. The number of nitrogens with two attached hydrogens (primary N) is 1. The molecule has 2 heteroatoms. The fourth-order valence-corrected chi connectivity index (χ4v) is 3.14. The Kier molecular flexibility index (Phi) is 4.93. The molecule has 1 unspecified atom stereocenters. The number of thioether (sulfide) groups is 1. The van der Waals surface area contributed by atoms with Crippen LogP contribution in [0, 0.1) is 0 Å². The fraction of sp³-hybridized carbons (Fsp3) is 0.600. The highest BCUT2D eigenvalue weighted by atomic mass is 32.2. The molecule has 1 saturated carbocycles. The summed E-state index contributed by atoms with van der Waals surface area (Å²) in [6, 6.07) is 9.15. The Balaban J connectivity index is 1.94. The van der Waals surface area contributed by atoms with Crippen LogP contribution >= 0.6 is 11.8 Å². The lowest BCUT2D eigenvalue weighted by molar-refractivity contribution is 0.419. The zero-order valence-corrected chi connectivity index (χ0v) is 11.5. The summed E-state index contributed by atoms with van der Waals surface area (Å²) in [5.74, 6) is 3.07. The van der Waals surface area contributed by atoms with Crippen molar-refractivity contribution in [2.45, 2.75) is 44.6 Å². The molecule has 1 aliphatic rings. The maximum absolute atomic E-state index is 6.24. The molecule has 0 heterocycles. The minimum atomic E-state index is 0.201. The van der Waals surface area contributed by atoms with E-state index in [1.165, 1.54) is 42.6 Å². The van der Waals surface area contributed by atoms with E-state index in [4.69, 9.17) is 5.73 Å². The van der Waals surface area contributed by atoms with Crippen molar-refractivity contribution in [2.24, 2.45) is 5.73 Å². The SMILES string of the molecule is CCCSCC(N)c1cccc(C2CCC2)c1. The zero-order valence-electron chi connectivity index (χ0n) is 10.7. The smallest absolute Gasteiger partial charge is 0.0386 e. The Morgan fingerprint density at radius 1 is 1.41 bits per heavy atom. The molecule has 94 valence electrons. The van der Waals surface area contributed by atoms with Gasteiger partial charge in [0.2, 0.25) is 0 Å². The molecule has 1 nitrogen and oxygen atoms in total. The van der Waals surface area contributed by atoms with Crippen molar-refractivity contribution in [3.63, 3.8) is 0 Å². The Hall–Kier alpha value is -0.470. The highest BCUT2D eigenvalue weighted by Crippen LogP contribution is 2.36. The summed E-state index contributed by atoms with van der Waals surface area (Å²) in [5, 5.41) is 0. The maximum Gasteiger partial charge on any atom is 0.0386 e. The Morgan fingerprint density at radius 3 is 2.88 bits per heavy atom. The van der Waals surface area contributed by atoms with Crippen LogP contribution in [0.5, 0.6) is 0 Å². The Morgan fingerprint density at radius 2 is 2.24 bits per heavy atom. The molecule has 1 aliphatic carbocycles. The third kappa shape index (κ3) is 3.49.